The maximum Gasteiger partial charge on any atom is 0.220 e. The number of hydrogen-bond donors (Lipinski definition) is 2. The molecule has 3 unspecified atom stereocenters. The quantitative estimate of drug-likeness (QED) is 0.579. The molecule has 0 radical (unpaired) electrons. The molecule has 9 heteroatoms. The largest absolute Gasteiger partial charge is 0.486 e. The Bertz CT molecular complexity index is 1060. The average Bonchev–Trinajstić information content (AvgIpc) is 3.56. The highest BCUT2D eigenvalue weighted by Gasteiger charge is 2.31. The van der Waals surface area contributed by atoms with Crippen LogP contribution in [0.2, 0.25) is 0 Å². The number of benzene rings is 2. The highest BCUT2D eigenvalue weighted by Crippen LogP contribution is 2.36. The van der Waals surface area contributed by atoms with Gasteiger partial charge in [-0.3, -0.25) is 4.79 Å². The number of anilines is 1. The number of likely N-dealkylation sites (tertiary alicyclic amines) is 1. The van der Waals surface area contributed by atoms with Gasteiger partial charge in [-0.05, 0) is 80.2 Å². The molecule has 2 aromatic rings. The van der Waals surface area contributed by atoms with Crippen molar-refractivity contribution in [3.8, 4) is 11.5 Å². The fourth-order valence-corrected chi connectivity index (χ4v) is 5.42. The summed E-state index contributed by atoms with van der Waals surface area (Å²) in [5.74, 6) is -0.500. The molecule has 5 rings (SSSR count). The summed E-state index contributed by atoms with van der Waals surface area (Å²) >= 11 is 0. The Morgan fingerprint density at radius 2 is 1.83 bits per heavy atom. The van der Waals surface area contributed by atoms with Crippen molar-refractivity contribution in [1.29, 1.82) is 0 Å². The number of amides is 1. The molecular formula is C27H33F2N3O4. The Morgan fingerprint density at radius 1 is 1.08 bits per heavy atom. The van der Waals surface area contributed by atoms with E-state index in [1.807, 2.05) is 0 Å². The number of fused-ring (bicyclic) bond motifs is 1. The molecule has 3 aliphatic heterocycles. The van der Waals surface area contributed by atoms with Crippen LogP contribution in [0.4, 0.5) is 14.5 Å². The molecule has 2 aromatic carbocycles. The monoisotopic (exact) mass is 501 g/mol. The Hall–Kier alpha value is -2.91. The third kappa shape index (κ3) is 5.73. The Balaban J connectivity index is 1.25. The molecule has 1 amide bonds. The molecule has 0 bridgehead atoms. The van der Waals surface area contributed by atoms with E-state index >= 15 is 0 Å². The molecule has 7 nitrogen and oxygen atoms in total. The van der Waals surface area contributed by atoms with Gasteiger partial charge in [-0.25, -0.2) is 8.78 Å². The van der Waals surface area contributed by atoms with Crippen LogP contribution in [-0.4, -0.2) is 67.9 Å². The first kappa shape index (κ1) is 24.8. The fraction of sp³-hybridized carbons (Fsp3) is 0.519. The van der Waals surface area contributed by atoms with E-state index in [1.54, 1.807) is 18.2 Å². The first-order chi connectivity index (χ1) is 17.5. The van der Waals surface area contributed by atoms with Gasteiger partial charge in [-0.1, -0.05) is 0 Å². The first-order valence-corrected chi connectivity index (χ1v) is 12.8. The highest BCUT2D eigenvalue weighted by atomic mass is 19.1. The Kier molecular flexibility index (Phi) is 7.57. The van der Waals surface area contributed by atoms with Crippen molar-refractivity contribution >= 4 is 11.6 Å². The summed E-state index contributed by atoms with van der Waals surface area (Å²) in [5, 5.41) is 14.3. The van der Waals surface area contributed by atoms with Crippen molar-refractivity contribution in [3.05, 3.63) is 53.6 Å². The minimum atomic E-state index is -1.10. The molecular weight excluding hydrogens is 468 g/mol. The van der Waals surface area contributed by atoms with Gasteiger partial charge in [0.25, 0.3) is 0 Å². The standard InChI is InChI=1S/C27H33F2N3O4/c28-20-3-5-21(6-4-20)32-10-7-18(16-32)13-25(33)30-23(17-31-8-1-2-9-31)26(34)19-14-22(29)27-24(15-19)35-11-12-36-27/h3-6,14-15,18,23,26,34H,1-2,7-13,16-17H2,(H,30,33). The maximum absolute atomic E-state index is 14.7. The lowest BCUT2D eigenvalue weighted by atomic mass is 9.99. The number of aliphatic hydroxyl groups excluding tert-OH is 1. The van der Waals surface area contributed by atoms with E-state index in [0.717, 1.165) is 44.6 Å². The zero-order valence-corrected chi connectivity index (χ0v) is 20.3. The van der Waals surface area contributed by atoms with Gasteiger partial charge in [0.1, 0.15) is 25.1 Å². The predicted octanol–water partition coefficient (Wildman–Crippen LogP) is 3.27. The molecule has 2 saturated heterocycles. The van der Waals surface area contributed by atoms with Gasteiger partial charge in [0.2, 0.25) is 5.91 Å². The first-order valence-electron chi connectivity index (χ1n) is 12.8. The molecule has 3 atom stereocenters. The number of halogens is 2. The Morgan fingerprint density at radius 3 is 2.61 bits per heavy atom. The summed E-state index contributed by atoms with van der Waals surface area (Å²) < 4.78 is 38.8. The van der Waals surface area contributed by atoms with E-state index < -0.39 is 18.0 Å². The lowest BCUT2D eigenvalue weighted by Gasteiger charge is -2.30. The van der Waals surface area contributed by atoms with Gasteiger partial charge >= 0.3 is 0 Å². The molecule has 36 heavy (non-hydrogen) atoms. The topological polar surface area (TPSA) is 74.3 Å². The van der Waals surface area contributed by atoms with Crippen LogP contribution in [0.15, 0.2) is 36.4 Å². The van der Waals surface area contributed by atoms with Crippen molar-refractivity contribution in [2.75, 3.05) is 50.8 Å². The summed E-state index contributed by atoms with van der Waals surface area (Å²) in [4.78, 5) is 17.5. The van der Waals surface area contributed by atoms with E-state index in [-0.39, 0.29) is 35.7 Å². The van der Waals surface area contributed by atoms with Gasteiger partial charge in [-0.15, -0.1) is 0 Å². The van der Waals surface area contributed by atoms with Crippen LogP contribution in [0.1, 0.15) is 37.4 Å². The summed E-state index contributed by atoms with van der Waals surface area (Å²) in [6, 6.07) is 8.68. The van der Waals surface area contributed by atoms with Crippen molar-refractivity contribution in [3.63, 3.8) is 0 Å². The van der Waals surface area contributed by atoms with Crippen LogP contribution in [0.25, 0.3) is 0 Å². The third-order valence-corrected chi connectivity index (χ3v) is 7.29. The summed E-state index contributed by atoms with van der Waals surface area (Å²) in [6.07, 6.45) is 2.25. The van der Waals surface area contributed by atoms with Crippen molar-refractivity contribution in [1.82, 2.24) is 10.2 Å². The number of carbonyl (C=O) groups is 1. The normalized spacial score (nSPS) is 21.4. The second-order valence-electron chi connectivity index (χ2n) is 9.93. The smallest absolute Gasteiger partial charge is 0.220 e. The van der Waals surface area contributed by atoms with Crippen molar-refractivity contribution in [2.45, 2.75) is 37.8 Å². The number of carbonyl (C=O) groups excluding carboxylic acids is 1. The molecule has 2 N–H and O–H groups in total. The van der Waals surface area contributed by atoms with Gasteiger partial charge in [0, 0.05) is 31.7 Å². The Labute approximate surface area is 210 Å². The lowest BCUT2D eigenvalue weighted by Crippen LogP contribution is -2.47. The summed E-state index contributed by atoms with van der Waals surface area (Å²) in [5.41, 5.74) is 1.30. The van der Waals surface area contributed by atoms with Crippen LogP contribution in [0.3, 0.4) is 0 Å². The maximum atomic E-state index is 14.7. The zero-order chi connectivity index (χ0) is 25.1. The number of hydrogen-bond acceptors (Lipinski definition) is 6. The minimum Gasteiger partial charge on any atom is -0.486 e. The molecule has 194 valence electrons. The molecule has 3 aliphatic rings. The fourth-order valence-electron chi connectivity index (χ4n) is 5.42. The summed E-state index contributed by atoms with van der Waals surface area (Å²) in [7, 11) is 0. The third-order valence-electron chi connectivity index (χ3n) is 7.29. The zero-order valence-electron chi connectivity index (χ0n) is 20.3. The number of ether oxygens (including phenoxy) is 2. The van der Waals surface area contributed by atoms with Crippen molar-refractivity contribution < 1.29 is 28.2 Å². The van der Waals surface area contributed by atoms with Crippen LogP contribution < -0.4 is 19.7 Å². The average molecular weight is 502 g/mol. The second-order valence-corrected chi connectivity index (χ2v) is 9.93. The van der Waals surface area contributed by atoms with E-state index in [4.69, 9.17) is 9.47 Å². The molecule has 3 heterocycles. The molecule has 0 aliphatic carbocycles. The molecule has 0 aromatic heterocycles. The molecule has 0 saturated carbocycles. The molecule has 2 fully saturated rings. The number of nitrogens with one attached hydrogen (secondary N) is 1. The second kappa shape index (κ2) is 11.0. The minimum absolute atomic E-state index is 0.0595. The number of rotatable bonds is 8. The number of nitrogens with zero attached hydrogens (tertiary/aromatic N) is 2. The van der Waals surface area contributed by atoms with Gasteiger partial charge in [0.05, 0.1) is 6.04 Å². The SMILES string of the molecule is O=C(CC1CCN(c2ccc(F)cc2)C1)NC(CN1CCCC1)C(O)c1cc(F)c2c(c1)OCCO2. The lowest BCUT2D eigenvalue weighted by molar-refractivity contribution is -0.123. The van der Waals surface area contributed by atoms with E-state index in [2.05, 4.69) is 15.1 Å². The summed E-state index contributed by atoms with van der Waals surface area (Å²) in [6.45, 7) is 4.41. The van der Waals surface area contributed by atoms with Gasteiger partial charge < -0.3 is 29.7 Å². The van der Waals surface area contributed by atoms with E-state index in [9.17, 15) is 18.7 Å². The van der Waals surface area contributed by atoms with Gasteiger partial charge in [-0.2, -0.15) is 0 Å². The van der Waals surface area contributed by atoms with Crippen LogP contribution in [-0.2, 0) is 4.79 Å². The predicted molar refractivity (Wildman–Crippen MR) is 131 cm³/mol. The van der Waals surface area contributed by atoms with Crippen molar-refractivity contribution in [2.24, 2.45) is 5.92 Å². The van der Waals surface area contributed by atoms with E-state index in [1.165, 1.54) is 18.2 Å². The van der Waals surface area contributed by atoms with Gasteiger partial charge in [0.15, 0.2) is 17.3 Å². The highest BCUT2D eigenvalue weighted by molar-refractivity contribution is 5.77. The van der Waals surface area contributed by atoms with Crippen LogP contribution in [0, 0.1) is 17.6 Å². The molecule has 0 spiro atoms. The van der Waals surface area contributed by atoms with Crippen LogP contribution >= 0.6 is 0 Å². The van der Waals surface area contributed by atoms with Crippen LogP contribution in [0.5, 0.6) is 11.5 Å². The number of aliphatic hydroxyl groups is 1. The van der Waals surface area contributed by atoms with E-state index in [0.29, 0.717) is 31.7 Å².